The predicted octanol–water partition coefficient (Wildman–Crippen LogP) is 19.1. The molecule has 9 nitrogen and oxygen atoms in total. The van der Waals surface area contributed by atoms with Gasteiger partial charge in [0.15, 0.2) is 12.4 Å². The van der Waals surface area contributed by atoms with Crippen LogP contribution in [0, 0.1) is 0 Å². The molecule has 0 fully saturated rings. The van der Waals surface area contributed by atoms with Gasteiger partial charge in [0, 0.05) is 12.8 Å². The van der Waals surface area contributed by atoms with E-state index in [-0.39, 0.29) is 38.6 Å². The Bertz CT molecular complexity index is 1370. The van der Waals surface area contributed by atoms with Crippen LogP contribution in [0.25, 0.3) is 0 Å². The van der Waals surface area contributed by atoms with Crippen molar-refractivity contribution in [3.8, 4) is 0 Å². The van der Waals surface area contributed by atoms with Gasteiger partial charge in [0.25, 0.3) is 0 Å². The average Bonchev–Trinajstić information content (AvgIpc) is 3.41. The molecule has 0 aliphatic rings. The molecule has 0 heterocycles. The molecule has 0 aromatic rings. The fourth-order valence-corrected chi connectivity index (χ4v) is 10.0. The summed E-state index contributed by atoms with van der Waals surface area (Å²) in [6, 6.07) is 0. The Morgan fingerprint density at radius 1 is 0.397 bits per heavy atom. The molecule has 0 saturated heterocycles. The third-order valence-electron chi connectivity index (χ3n) is 15.2. The highest BCUT2D eigenvalue weighted by molar-refractivity contribution is 5.70. The summed E-state index contributed by atoms with van der Waals surface area (Å²) in [5.41, 5.74) is 0. The highest BCUT2D eigenvalue weighted by Crippen LogP contribution is 2.19. The molecule has 0 rings (SSSR count). The van der Waals surface area contributed by atoms with Crippen LogP contribution in [0.5, 0.6) is 0 Å². The third kappa shape index (κ3) is 61.1. The molecule has 0 saturated carbocycles. The summed E-state index contributed by atoms with van der Waals surface area (Å²) >= 11 is 0. The number of nitrogens with zero attached hydrogens (tertiary/aromatic N) is 1. The van der Waals surface area contributed by atoms with E-state index in [0.717, 1.165) is 57.8 Å². The summed E-state index contributed by atoms with van der Waals surface area (Å²) < 4.78 is 22.7. The molecular weight excluding hydrogens is 971 g/mol. The summed E-state index contributed by atoms with van der Waals surface area (Å²) in [6.07, 6.45) is 72.8. The number of carboxylic acids is 1. The van der Waals surface area contributed by atoms with Crippen molar-refractivity contribution in [2.45, 2.75) is 341 Å². The van der Waals surface area contributed by atoms with Gasteiger partial charge in [-0.25, -0.2) is 0 Å². The summed E-state index contributed by atoms with van der Waals surface area (Å²) in [6.45, 7) is 4.63. The van der Waals surface area contributed by atoms with E-state index in [4.69, 9.17) is 18.9 Å². The van der Waals surface area contributed by atoms with Gasteiger partial charge in [0.1, 0.15) is 13.2 Å². The molecule has 0 spiro atoms. The van der Waals surface area contributed by atoms with Gasteiger partial charge in [0.05, 0.1) is 40.3 Å². The topological polar surface area (TPSA) is 111 Å². The van der Waals surface area contributed by atoms with Crippen LogP contribution in [-0.2, 0) is 33.3 Å². The Kier molecular flexibility index (Phi) is 58.7. The fraction of sp³-hybridized carbons (Fsp3) is 0.870. The molecule has 9 heteroatoms. The molecule has 0 amide bonds. The lowest BCUT2D eigenvalue weighted by Crippen LogP contribution is -2.44. The van der Waals surface area contributed by atoms with Crippen LogP contribution in [0.2, 0.25) is 0 Å². The molecule has 2 atom stereocenters. The Balaban J connectivity index is 3.85. The Labute approximate surface area is 483 Å². The number of rotatable bonds is 63. The van der Waals surface area contributed by atoms with Gasteiger partial charge < -0.3 is 33.3 Å². The van der Waals surface area contributed by atoms with Crippen molar-refractivity contribution in [3.63, 3.8) is 0 Å². The lowest BCUT2D eigenvalue weighted by atomic mass is 10.0. The number of hydrogen-bond donors (Lipinski definition) is 0. The number of quaternary nitrogens is 1. The number of likely N-dealkylation sites (N-methyl/N-ethyl adjacent to an activating group) is 1. The molecule has 2 unspecified atom stereocenters. The van der Waals surface area contributed by atoms with Gasteiger partial charge in [-0.15, -0.1) is 0 Å². The molecule has 0 N–H and O–H groups in total. The van der Waals surface area contributed by atoms with E-state index in [1.165, 1.54) is 238 Å². The van der Waals surface area contributed by atoms with Gasteiger partial charge in [-0.3, -0.25) is 9.59 Å². The molecule has 0 radical (unpaired) electrons. The first kappa shape index (κ1) is 75.5. The predicted molar refractivity (Wildman–Crippen MR) is 329 cm³/mol. The molecule has 0 aliphatic carbocycles. The molecule has 0 bridgehead atoms. The highest BCUT2D eigenvalue weighted by atomic mass is 16.7. The maximum atomic E-state index is 12.8. The van der Waals surface area contributed by atoms with Crippen LogP contribution in [0.3, 0.4) is 0 Å². The van der Waals surface area contributed by atoms with Crippen LogP contribution in [0.4, 0.5) is 0 Å². The molecule has 0 aliphatic heterocycles. The van der Waals surface area contributed by atoms with Gasteiger partial charge in [-0.05, 0) is 44.9 Å². The van der Waals surface area contributed by atoms with Crippen LogP contribution in [0.15, 0.2) is 36.5 Å². The van der Waals surface area contributed by atoms with Crippen molar-refractivity contribution in [2.24, 2.45) is 0 Å². The van der Waals surface area contributed by atoms with Crippen molar-refractivity contribution in [1.82, 2.24) is 0 Å². The number of carbonyl (C=O) groups is 3. The number of aliphatic carboxylic acids is 1. The Morgan fingerprint density at radius 2 is 0.731 bits per heavy atom. The average molecular weight is 1100 g/mol. The second kappa shape index (κ2) is 60.6. The van der Waals surface area contributed by atoms with Crippen molar-refractivity contribution in [3.05, 3.63) is 36.5 Å². The molecule has 458 valence electrons. The van der Waals surface area contributed by atoms with Crippen molar-refractivity contribution < 1.29 is 42.9 Å². The van der Waals surface area contributed by atoms with Gasteiger partial charge in [0.2, 0.25) is 0 Å². The minimum atomic E-state index is -1.63. The summed E-state index contributed by atoms with van der Waals surface area (Å²) in [5.74, 6) is -2.31. The van der Waals surface area contributed by atoms with Crippen molar-refractivity contribution >= 4 is 17.9 Å². The van der Waals surface area contributed by atoms with E-state index in [9.17, 15) is 19.5 Å². The first-order valence-electron chi connectivity index (χ1n) is 33.6. The Hall–Kier alpha value is -2.49. The number of allylic oxidation sites excluding steroid dienone is 6. The number of ether oxygens (including phenoxy) is 4. The molecule has 78 heavy (non-hydrogen) atoms. The first-order valence-corrected chi connectivity index (χ1v) is 33.6. The van der Waals surface area contributed by atoms with Crippen LogP contribution >= 0.6 is 0 Å². The maximum Gasteiger partial charge on any atom is 0.306 e. The lowest BCUT2D eigenvalue weighted by Gasteiger charge is -2.26. The smallest absolute Gasteiger partial charge is 0.306 e. The third-order valence-corrected chi connectivity index (χ3v) is 15.2. The lowest BCUT2D eigenvalue weighted by molar-refractivity contribution is -0.870. The molecule has 0 aromatic carbocycles. The van der Waals surface area contributed by atoms with Gasteiger partial charge in [-0.2, -0.15) is 0 Å². The summed E-state index contributed by atoms with van der Waals surface area (Å²) in [5, 5.41) is 11.8. The van der Waals surface area contributed by atoms with E-state index in [0.29, 0.717) is 17.4 Å². The van der Waals surface area contributed by atoms with E-state index in [2.05, 4.69) is 50.3 Å². The summed E-state index contributed by atoms with van der Waals surface area (Å²) in [7, 11) is 5.92. The number of hydrogen-bond acceptors (Lipinski definition) is 8. The number of esters is 2. The number of unbranched alkanes of at least 4 members (excludes halogenated alkanes) is 42. The van der Waals surface area contributed by atoms with E-state index < -0.39 is 24.3 Å². The second-order valence-electron chi connectivity index (χ2n) is 24.1. The highest BCUT2D eigenvalue weighted by Gasteiger charge is 2.22. The minimum absolute atomic E-state index is 0.143. The quantitative estimate of drug-likeness (QED) is 0.0195. The van der Waals surface area contributed by atoms with Crippen molar-refractivity contribution in [1.29, 1.82) is 0 Å². The van der Waals surface area contributed by atoms with Gasteiger partial charge >= 0.3 is 11.9 Å². The largest absolute Gasteiger partial charge is 0.545 e. The molecular formula is C69H129NO8. The van der Waals surface area contributed by atoms with Crippen LogP contribution in [0.1, 0.15) is 328 Å². The summed E-state index contributed by atoms with van der Waals surface area (Å²) in [4.78, 5) is 37.2. The SMILES string of the molecule is CC/C=C\C/C=C\C/C=C\CCCCCC(=O)OC(COC(=O)CCCCCCCCCCCCCCCCCCCCCCCCCCCCCCCCCCCCCCCCCC)COC(OCC[N+](C)(C)C)C(=O)[O-]. The van der Waals surface area contributed by atoms with E-state index in [1.54, 1.807) is 0 Å². The number of carboxylic acid groups (broad SMARTS) is 1. The number of carbonyl (C=O) groups excluding carboxylic acids is 3. The van der Waals surface area contributed by atoms with Crippen LogP contribution in [-0.4, -0.2) is 82.3 Å². The van der Waals surface area contributed by atoms with Crippen molar-refractivity contribution in [2.75, 3.05) is 47.5 Å². The first-order chi connectivity index (χ1) is 38.1. The molecule has 0 aromatic heterocycles. The standard InChI is InChI=1S/C69H129NO8/c1-6-8-10-12-14-16-18-20-21-22-23-24-25-26-27-28-29-30-31-32-33-34-35-36-37-38-39-40-41-42-43-44-45-46-48-49-51-53-55-57-59-66(71)76-63-65(64-77-69(68(73)74)75-62-61-70(3,4)5)78-67(72)60-58-56-54-52-50-47-19-17-15-13-11-9-7-2/h9,11,15,17,47,50,65,69H,6-8,10,12-14,16,18-46,48-49,51-64H2,1-5H3/b11-9-,17-15-,50-47-. The zero-order valence-corrected chi connectivity index (χ0v) is 52.3. The monoisotopic (exact) mass is 1100 g/mol. The minimum Gasteiger partial charge on any atom is -0.545 e. The second-order valence-corrected chi connectivity index (χ2v) is 24.1. The Morgan fingerprint density at radius 3 is 1.09 bits per heavy atom. The zero-order chi connectivity index (χ0) is 56.9. The van der Waals surface area contributed by atoms with Crippen LogP contribution < -0.4 is 5.11 Å². The van der Waals surface area contributed by atoms with E-state index in [1.807, 2.05) is 21.1 Å². The van der Waals surface area contributed by atoms with Gasteiger partial charge in [-0.1, -0.05) is 307 Å². The fourth-order valence-electron chi connectivity index (χ4n) is 10.0. The normalized spacial score (nSPS) is 12.9. The maximum absolute atomic E-state index is 12.8. The zero-order valence-electron chi connectivity index (χ0n) is 52.3. The van der Waals surface area contributed by atoms with E-state index >= 15 is 0 Å².